The Morgan fingerprint density at radius 3 is 2.65 bits per heavy atom. The van der Waals surface area contributed by atoms with Crippen LogP contribution in [0.5, 0.6) is 5.75 Å². The Morgan fingerprint density at radius 1 is 1.25 bits per heavy atom. The first kappa shape index (κ1) is 14.6. The fourth-order valence-electron chi connectivity index (χ4n) is 1.61. The number of hydrogen-bond donors (Lipinski definition) is 1. The summed E-state index contributed by atoms with van der Waals surface area (Å²) in [5, 5.41) is 9.99. The maximum absolute atomic E-state index is 12.1. The molecule has 20 heavy (non-hydrogen) atoms. The molecule has 1 N–H and O–H groups in total. The quantitative estimate of drug-likeness (QED) is 0.944. The van der Waals surface area contributed by atoms with Gasteiger partial charge in [-0.25, -0.2) is 0 Å². The van der Waals surface area contributed by atoms with Gasteiger partial charge in [0.15, 0.2) is 10.3 Å². The van der Waals surface area contributed by atoms with Crippen molar-refractivity contribution < 1.29 is 9.53 Å². The molecule has 2 aromatic rings. The SMILES string of the molecule is COc1ccc(NC(=O)c2cc(Cl)nnc2Cl)c(C)c1. The van der Waals surface area contributed by atoms with Crippen molar-refractivity contribution in [2.45, 2.75) is 6.92 Å². The Balaban J connectivity index is 2.25. The summed E-state index contributed by atoms with van der Waals surface area (Å²) in [4.78, 5) is 12.1. The van der Waals surface area contributed by atoms with Gasteiger partial charge >= 0.3 is 0 Å². The molecule has 0 spiro atoms. The maximum atomic E-state index is 12.1. The van der Waals surface area contributed by atoms with E-state index < -0.39 is 5.91 Å². The zero-order valence-corrected chi connectivity index (χ0v) is 12.3. The number of nitrogens with one attached hydrogen (secondary N) is 1. The van der Waals surface area contributed by atoms with Gasteiger partial charge in [-0.3, -0.25) is 4.79 Å². The van der Waals surface area contributed by atoms with E-state index in [2.05, 4.69) is 15.5 Å². The average molecular weight is 312 g/mol. The van der Waals surface area contributed by atoms with Crippen molar-refractivity contribution in [3.63, 3.8) is 0 Å². The van der Waals surface area contributed by atoms with Crippen LogP contribution in [0.4, 0.5) is 5.69 Å². The first-order valence-electron chi connectivity index (χ1n) is 5.66. The van der Waals surface area contributed by atoms with Gasteiger partial charge in [-0.05, 0) is 36.8 Å². The molecule has 1 heterocycles. The molecule has 7 heteroatoms. The van der Waals surface area contributed by atoms with Crippen LogP contribution in [0.3, 0.4) is 0 Å². The molecule has 0 aliphatic carbocycles. The highest BCUT2D eigenvalue weighted by atomic mass is 35.5. The number of aromatic nitrogens is 2. The van der Waals surface area contributed by atoms with E-state index in [0.717, 1.165) is 5.56 Å². The maximum Gasteiger partial charge on any atom is 0.258 e. The number of carbonyl (C=O) groups is 1. The molecule has 0 aliphatic rings. The van der Waals surface area contributed by atoms with Crippen LogP contribution in [-0.2, 0) is 0 Å². The number of nitrogens with zero attached hydrogens (tertiary/aromatic N) is 2. The molecule has 0 fully saturated rings. The molecule has 5 nitrogen and oxygen atoms in total. The van der Waals surface area contributed by atoms with Crippen molar-refractivity contribution >= 4 is 34.8 Å². The Morgan fingerprint density at radius 2 is 2.00 bits per heavy atom. The van der Waals surface area contributed by atoms with Gasteiger partial charge in [0.05, 0.1) is 12.7 Å². The highest BCUT2D eigenvalue weighted by Gasteiger charge is 2.14. The Bertz CT molecular complexity index is 662. The number of ether oxygens (including phenoxy) is 1. The van der Waals surface area contributed by atoms with E-state index in [1.165, 1.54) is 6.07 Å². The van der Waals surface area contributed by atoms with Gasteiger partial charge in [0.2, 0.25) is 0 Å². The molecule has 2 rings (SSSR count). The van der Waals surface area contributed by atoms with Gasteiger partial charge < -0.3 is 10.1 Å². The van der Waals surface area contributed by atoms with Gasteiger partial charge in [-0.1, -0.05) is 23.2 Å². The van der Waals surface area contributed by atoms with Gasteiger partial charge in [0.25, 0.3) is 5.91 Å². The smallest absolute Gasteiger partial charge is 0.258 e. The van der Waals surface area contributed by atoms with Gasteiger partial charge in [0.1, 0.15) is 5.75 Å². The third kappa shape index (κ3) is 3.18. The lowest BCUT2D eigenvalue weighted by Crippen LogP contribution is -2.14. The molecule has 1 amide bonds. The fourth-order valence-corrected chi connectivity index (χ4v) is 1.93. The van der Waals surface area contributed by atoms with Crippen molar-refractivity contribution in [3.05, 3.63) is 45.7 Å². The number of methoxy groups -OCH3 is 1. The summed E-state index contributed by atoms with van der Waals surface area (Å²) in [5.41, 5.74) is 1.68. The third-order valence-corrected chi connectivity index (χ3v) is 3.11. The lowest BCUT2D eigenvalue weighted by molar-refractivity contribution is 0.102. The van der Waals surface area contributed by atoms with Crippen LogP contribution in [0.15, 0.2) is 24.3 Å². The van der Waals surface area contributed by atoms with Crippen LogP contribution in [0.2, 0.25) is 10.3 Å². The number of hydrogen-bond acceptors (Lipinski definition) is 4. The van der Waals surface area contributed by atoms with Crippen molar-refractivity contribution in [1.82, 2.24) is 10.2 Å². The molecule has 0 radical (unpaired) electrons. The highest BCUT2D eigenvalue weighted by molar-refractivity contribution is 6.34. The van der Waals surface area contributed by atoms with Crippen LogP contribution in [0.1, 0.15) is 15.9 Å². The van der Waals surface area contributed by atoms with E-state index in [9.17, 15) is 4.79 Å². The zero-order valence-electron chi connectivity index (χ0n) is 10.8. The zero-order chi connectivity index (χ0) is 14.7. The monoisotopic (exact) mass is 311 g/mol. The topological polar surface area (TPSA) is 64.1 Å². The second kappa shape index (κ2) is 6.07. The summed E-state index contributed by atoms with van der Waals surface area (Å²) in [6.45, 7) is 1.86. The molecule has 0 bridgehead atoms. The molecule has 0 saturated carbocycles. The number of anilines is 1. The van der Waals surface area contributed by atoms with E-state index >= 15 is 0 Å². The minimum absolute atomic E-state index is 0.00179. The first-order valence-corrected chi connectivity index (χ1v) is 6.41. The van der Waals surface area contributed by atoms with E-state index in [-0.39, 0.29) is 15.9 Å². The summed E-state index contributed by atoms with van der Waals surface area (Å²) in [6, 6.07) is 6.68. The Kier molecular flexibility index (Phi) is 4.42. The minimum Gasteiger partial charge on any atom is -0.497 e. The van der Waals surface area contributed by atoms with E-state index in [4.69, 9.17) is 27.9 Å². The van der Waals surface area contributed by atoms with Crippen molar-refractivity contribution in [3.8, 4) is 5.75 Å². The lowest BCUT2D eigenvalue weighted by Gasteiger charge is -2.10. The standard InChI is InChI=1S/C13H11Cl2N3O2/c1-7-5-8(20-2)3-4-10(7)16-13(19)9-6-11(14)17-18-12(9)15/h3-6H,1-2H3,(H,16,19). The number of carbonyl (C=O) groups excluding carboxylic acids is 1. The van der Waals surface area contributed by atoms with Crippen molar-refractivity contribution in [2.75, 3.05) is 12.4 Å². The second-order valence-corrected chi connectivity index (χ2v) is 4.75. The van der Waals surface area contributed by atoms with Gasteiger partial charge in [-0.2, -0.15) is 0 Å². The first-order chi connectivity index (χ1) is 9.51. The normalized spacial score (nSPS) is 10.2. The second-order valence-electron chi connectivity index (χ2n) is 4.01. The van der Waals surface area contributed by atoms with Crippen LogP contribution in [0.25, 0.3) is 0 Å². The van der Waals surface area contributed by atoms with Crippen molar-refractivity contribution in [1.29, 1.82) is 0 Å². The number of benzene rings is 1. The van der Waals surface area contributed by atoms with E-state index in [1.54, 1.807) is 19.2 Å². The number of amides is 1. The number of aryl methyl sites for hydroxylation is 1. The van der Waals surface area contributed by atoms with Crippen LogP contribution in [0, 0.1) is 6.92 Å². The molecule has 104 valence electrons. The average Bonchev–Trinajstić information content (AvgIpc) is 2.43. The predicted octanol–water partition coefficient (Wildman–Crippen LogP) is 3.35. The fraction of sp³-hybridized carbons (Fsp3) is 0.154. The molecule has 0 atom stereocenters. The lowest BCUT2D eigenvalue weighted by atomic mass is 10.2. The summed E-state index contributed by atoms with van der Waals surface area (Å²) >= 11 is 11.5. The summed E-state index contributed by atoms with van der Waals surface area (Å²) in [5.74, 6) is 0.312. The van der Waals surface area contributed by atoms with Crippen LogP contribution >= 0.6 is 23.2 Å². The molecular formula is C13H11Cl2N3O2. The van der Waals surface area contributed by atoms with Crippen molar-refractivity contribution in [2.24, 2.45) is 0 Å². The Labute approximate surface area is 125 Å². The molecule has 1 aromatic carbocycles. The van der Waals surface area contributed by atoms with Gasteiger partial charge in [0, 0.05) is 5.69 Å². The molecule has 0 saturated heterocycles. The van der Waals surface area contributed by atoms with E-state index in [0.29, 0.717) is 11.4 Å². The molecule has 0 aliphatic heterocycles. The minimum atomic E-state index is -0.403. The predicted molar refractivity (Wildman–Crippen MR) is 77.7 cm³/mol. The van der Waals surface area contributed by atoms with Crippen LogP contribution in [-0.4, -0.2) is 23.2 Å². The molecule has 1 aromatic heterocycles. The van der Waals surface area contributed by atoms with Gasteiger partial charge in [-0.15, -0.1) is 10.2 Å². The summed E-state index contributed by atoms with van der Waals surface area (Å²) < 4.78 is 5.10. The molecular weight excluding hydrogens is 301 g/mol. The summed E-state index contributed by atoms with van der Waals surface area (Å²) in [6.07, 6.45) is 0. The third-order valence-electron chi connectivity index (χ3n) is 2.65. The van der Waals surface area contributed by atoms with Crippen LogP contribution < -0.4 is 10.1 Å². The Hall–Kier alpha value is -1.85. The number of halogens is 2. The highest BCUT2D eigenvalue weighted by Crippen LogP contribution is 2.23. The number of rotatable bonds is 3. The molecule has 0 unspecified atom stereocenters. The summed E-state index contributed by atoms with van der Waals surface area (Å²) in [7, 11) is 1.58. The largest absolute Gasteiger partial charge is 0.497 e. The van der Waals surface area contributed by atoms with E-state index in [1.807, 2.05) is 13.0 Å².